The predicted molar refractivity (Wildman–Crippen MR) is 145 cm³/mol. The molecule has 38 heavy (non-hydrogen) atoms. The fourth-order valence-electron chi connectivity index (χ4n) is 4.12. The van der Waals surface area contributed by atoms with Crippen LogP contribution < -0.4 is 16.4 Å². The highest BCUT2D eigenvalue weighted by atomic mass is 19.1. The van der Waals surface area contributed by atoms with Crippen LogP contribution in [0.1, 0.15) is 28.9 Å². The van der Waals surface area contributed by atoms with Crippen molar-refractivity contribution in [1.82, 2.24) is 20.3 Å². The van der Waals surface area contributed by atoms with Crippen molar-refractivity contribution in [2.24, 2.45) is 5.73 Å². The monoisotopic (exact) mass is 508 g/mol. The fourth-order valence-corrected chi connectivity index (χ4v) is 4.12. The number of carbonyl (C=O) groups excluding carboxylic acids is 2. The van der Waals surface area contributed by atoms with Crippen molar-refractivity contribution in [2.45, 2.75) is 13.0 Å². The van der Waals surface area contributed by atoms with Crippen molar-refractivity contribution in [3.63, 3.8) is 0 Å². The first-order chi connectivity index (χ1) is 18.4. The number of nitrogens with zero attached hydrogens (tertiary/aromatic N) is 2. The van der Waals surface area contributed by atoms with Gasteiger partial charge in [0.1, 0.15) is 11.5 Å². The van der Waals surface area contributed by atoms with Crippen LogP contribution in [0.4, 0.5) is 10.1 Å². The van der Waals surface area contributed by atoms with Crippen molar-refractivity contribution in [3.8, 4) is 22.8 Å². The van der Waals surface area contributed by atoms with Gasteiger partial charge in [0.2, 0.25) is 5.91 Å². The van der Waals surface area contributed by atoms with Crippen LogP contribution in [0.15, 0.2) is 85.2 Å². The zero-order valence-corrected chi connectivity index (χ0v) is 20.5. The van der Waals surface area contributed by atoms with E-state index in [1.807, 2.05) is 37.3 Å². The van der Waals surface area contributed by atoms with Crippen LogP contribution >= 0.6 is 0 Å². The van der Waals surface area contributed by atoms with E-state index in [9.17, 15) is 14.0 Å². The van der Waals surface area contributed by atoms with Gasteiger partial charge in [0.15, 0.2) is 5.82 Å². The first-order valence-electron chi connectivity index (χ1n) is 12.0. The molecule has 0 spiro atoms. The molecule has 0 aliphatic rings. The molecular formula is C29H25FN6O2. The van der Waals surface area contributed by atoms with Gasteiger partial charge in [0.25, 0.3) is 5.91 Å². The molecule has 2 aromatic heterocycles. The molecule has 5 rings (SSSR count). The standard InChI is InChI=1S/C29H25FN6O2/c1-17(18-6-8-23(30)9-7-18)34-29(38)22-10-21(11-24(12-22)35-27(37)14-31)26-16-33-28(36-26)25-13-19-4-2-3-5-20(19)15-32-25/h2-13,15-17H,14,31H2,1H3,(H,33,36)(H,34,38)(H,35,37)/t17-/m1/s1. The molecule has 0 radical (unpaired) electrons. The molecule has 2 heterocycles. The van der Waals surface area contributed by atoms with Gasteiger partial charge in [0.05, 0.1) is 24.5 Å². The number of nitrogens with two attached hydrogens (primary N) is 1. The van der Waals surface area contributed by atoms with Gasteiger partial charge in [-0.25, -0.2) is 9.37 Å². The maximum atomic E-state index is 13.3. The minimum absolute atomic E-state index is 0.199. The van der Waals surface area contributed by atoms with E-state index >= 15 is 0 Å². The molecule has 190 valence electrons. The number of hydrogen-bond donors (Lipinski definition) is 4. The van der Waals surface area contributed by atoms with Crippen LogP contribution in [0, 0.1) is 5.82 Å². The number of fused-ring (bicyclic) bond motifs is 1. The lowest BCUT2D eigenvalue weighted by Gasteiger charge is -2.16. The highest BCUT2D eigenvalue weighted by Crippen LogP contribution is 2.27. The predicted octanol–water partition coefficient (Wildman–Crippen LogP) is 4.82. The number of aromatic amines is 1. The quantitative estimate of drug-likeness (QED) is 0.251. The first kappa shape index (κ1) is 24.8. The Kier molecular flexibility index (Phi) is 6.92. The van der Waals surface area contributed by atoms with Gasteiger partial charge in [-0.1, -0.05) is 36.4 Å². The molecule has 0 saturated heterocycles. The number of halogens is 1. The van der Waals surface area contributed by atoms with Gasteiger partial charge in [-0.05, 0) is 54.3 Å². The number of nitrogens with one attached hydrogen (secondary N) is 3. The third-order valence-electron chi connectivity index (χ3n) is 6.14. The Morgan fingerprint density at radius 3 is 2.50 bits per heavy atom. The Labute approximate surface area is 218 Å². The van der Waals surface area contributed by atoms with Crippen LogP contribution in [0.5, 0.6) is 0 Å². The number of benzene rings is 3. The number of H-pyrrole nitrogens is 1. The summed E-state index contributed by atoms with van der Waals surface area (Å²) >= 11 is 0. The minimum atomic E-state index is -0.390. The average molecular weight is 509 g/mol. The largest absolute Gasteiger partial charge is 0.346 e. The van der Waals surface area contributed by atoms with E-state index in [-0.39, 0.29) is 30.2 Å². The summed E-state index contributed by atoms with van der Waals surface area (Å²) in [7, 11) is 0. The lowest BCUT2D eigenvalue weighted by atomic mass is 10.0. The molecule has 0 bridgehead atoms. The van der Waals surface area contributed by atoms with E-state index in [0.717, 1.165) is 16.3 Å². The zero-order chi connectivity index (χ0) is 26.6. The van der Waals surface area contributed by atoms with E-state index in [0.29, 0.717) is 34.0 Å². The third-order valence-corrected chi connectivity index (χ3v) is 6.14. The number of hydrogen-bond acceptors (Lipinski definition) is 5. The van der Waals surface area contributed by atoms with E-state index in [4.69, 9.17) is 5.73 Å². The van der Waals surface area contributed by atoms with Gasteiger partial charge in [-0.3, -0.25) is 14.6 Å². The van der Waals surface area contributed by atoms with Crippen molar-refractivity contribution in [2.75, 3.05) is 11.9 Å². The van der Waals surface area contributed by atoms with Crippen molar-refractivity contribution < 1.29 is 14.0 Å². The van der Waals surface area contributed by atoms with Gasteiger partial charge >= 0.3 is 0 Å². The molecule has 0 aliphatic carbocycles. The fraction of sp³-hybridized carbons (Fsp3) is 0.103. The Bertz CT molecular complexity index is 1630. The van der Waals surface area contributed by atoms with Gasteiger partial charge in [-0.15, -0.1) is 0 Å². The van der Waals surface area contributed by atoms with E-state index in [2.05, 4.69) is 25.6 Å². The Hall–Kier alpha value is -4.89. The molecule has 0 aliphatic heterocycles. The van der Waals surface area contributed by atoms with Crippen LogP contribution in [-0.4, -0.2) is 33.3 Å². The van der Waals surface area contributed by atoms with Crippen LogP contribution in [0.2, 0.25) is 0 Å². The normalized spacial score (nSPS) is 11.8. The summed E-state index contributed by atoms with van der Waals surface area (Å²) < 4.78 is 13.3. The molecule has 1 atom stereocenters. The summed E-state index contributed by atoms with van der Waals surface area (Å²) in [5.74, 6) is -0.530. The minimum Gasteiger partial charge on any atom is -0.346 e. The van der Waals surface area contributed by atoms with Gasteiger partial charge in [-0.2, -0.15) is 0 Å². The Morgan fingerprint density at radius 1 is 0.974 bits per heavy atom. The van der Waals surface area contributed by atoms with Crippen molar-refractivity contribution in [1.29, 1.82) is 0 Å². The number of anilines is 1. The molecule has 3 aromatic carbocycles. The zero-order valence-electron chi connectivity index (χ0n) is 20.5. The lowest BCUT2D eigenvalue weighted by molar-refractivity contribution is -0.114. The highest BCUT2D eigenvalue weighted by molar-refractivity contribution is 5.99. The highest BCUT2D eigenvalue weighted by Gasteiger charge is 2.16. The second-order valence-electron chi connectivity index (χ2n) is 8.86. The summed E-state index contributed by atoms with van der Waals surface area (Å²) in [6.45, 7) is 1.61. The number of imidazole rings is 1. The average Bonchev–Trinajstić information content (AvgIpc) is 3.43. The molecule has 2 amide bonds. The summed E-state index contributed by atoms with van der Waals surface area (Å²) in [5.41, 5.74) is 8.92. The maximum absolute atomic E-state index is 13.3. The van der Waals surface area contributed by atoms with Crippen LogP contribution in [-0.2, 0) is 4.79 Å². The van der Waals surface area contributed by atoms with E-state index in [1.165, 1.54) is 12.1 Å². The summed E-state index contributed by atoms with van der Waals surface area (Å²) in [5, 5.41) is 7.70. The molecule has 8 nitrogen and oxygen atoms in total. The number of rotatable bonds is 7. The molecule has 0 fully saturated rings. The van der Waals surface area contributed by atoms with Crippen LogP contribution in [0.3, 0.4) is 0 Å². The molecule has 5 N–H and O–H groups in total. The molecule has 0 unspecified atom stereocenters. The topological polar surface area (TPSA) is 126 Å². The second kappa shape index (κ2) is 10.6. The Morgan fingerprint density at radius 2 is 1.74 bits per heavy atom. The van der Waals surface area contributed by atoms with E-state index < -0.39 is 0 Å². The van der Waals surface area contributed by atoms with Crippen molar-refractivity contribution >= 4 is 28.3 Å². The molecule has 0 saturated carbocycles. The Balaban J connectivity index is 1.46. The molecule has 9 heteroatoms. The summed E-state index contributed by atoms with van der Waals surface area (Å²) in [6.07, 6.45) is 3.44. The van der Waals surface area contributed by atoms with Gasteiger partial charge in [0, 0.05) is 28.4 Å². The number of aromatic nitrogens is 3. The van der Waals surface area contributed by atoms with E-state index in [1.54, 1.807) is 42.7 Å². The number of pyridine rings is 1. The van der Waals surface area contributed by atoms with Crippen LogP contribution in [0.25, 0.3) is 33.5 Å². The van der Waals surface area contributed by atoms with Gasteiger partial charge < -0.3 is 21.4 Å². The molecular weight excluding hydrogens is 483 g/mol. The first-order valence-corrected chi connectivity index (χ1v) is 12.0. The number of amides is 2. The SMILES string of the molecule is C[C@@H](NC(=O)c1cc(NC(=O)CN)cc(-c2cnc(-c3cc4ccccc4cn3)[nH]2)c1)c1ccc(F)cc1. The summed E-state index contributed by atoms with van der Waals surface area (Å²) in [4.78, 5) is 37.4. The number of carbonyl (C=O) groups is 2. The smallest absolute Gasteiger partial charge is 0.251 e. The molecule has 5 aromatic rings. The second-order valence-corrected chi connectivity index (χ2v) is 8.86. The third kappa shape index (κ3) is 5.42. The lowest BCUT2D eigenvalue weighted by Crippen LogP contribution is -2.27. The summed E-state index contributed by atoms with van der Waals surface area (Å²) in [6, 6.07) is 20.4. The van der Waals surface area contributed by atoms with Crippen molar-refractivity contribution in [3.05, 3.63) is 102 Å². The maximum Gasteiger partial charge on any atom is 0.251 e.